The predicted octanol–water partition coefficient (Wildman–Crippen LogP) is 1.30. The number of esters is 2. The molecule has 2 aromatic rings. The van der Waals surface area contributed by atoms with Crippen LogP contribution >= 0.6 is 0 Å². The third-order valence-corrected chi connectivity index (χ3v) is 4.51. The highest BCUT2D eigenvalue weighted by Crippen LogP contribution is 2.27. The van der Waals surface area contributed by atoms with E-state index < -0.39 is 17.8 Å². The minimum absolute atomic E-state index is 0.0640. The van der Waals surface area contributed by atoms with Crippen molar-refractivity contribution in [3.8, 4) is 0 Å². The molecule has 0 radical (unpaired) electrons. The second-order valence-electron chi connectivity index (χ2n) is 6.15. The number of methoxy groups -OCH3 is 2. The van der Waals surface area contributed by atoms with Gasteiger partial charge in [0.05, 0.1) is 38.5 Å². The molecule has 0 fully saturated rings. The van der Waals surface area contributed by atoms with Gasteiger partial charge < -0.3 is 24.8 Å². The van der Waals surface area contributed by atoms with Crippen molar-refractivity contribution >= 4 is 34.3 Å². The zero-order valence-corrected chi connectivity index (χ0v) is 15.5. The number of rotatable bonds is 6. The van der Waals surface area contributed by atoms with Gasteiger partial charge in [0.1, 0.15) is 5.70 Å². The second kappa shape index (κ2) is 8.10. The Morgan fingerprint density at radius 3 is 2.57 bits per heavy atom. The maximum atomic E-state index is 12.6. The summed E-state index contributed by atoms with van der Waals surface area (Å²) in [7, 11) is 2.57. The van der Waals surface area contributed by atoms with Gasteiger partial charge in [-0.15, -0.1) is 0 Å². The highest BCUT2D eigenvalue weighted by molar-refractivity contribution is 6.09. The molecule has 8 nitrogen and oxygen atoms in total. The Labute approximate surface area is 161 Å². The molecule has 0 aliphatic carbocycles. The molecule has 0 saturated heterocycles. The Bertz CT molecular complexity index is 982. The standard InChI is InChI=1S/C20H20N2O6/c1-27-19(25)15-5-3-4-12-10-13(6-7-14(12)15)21-17-16(20(26)28-2)11-22(8-9-23)18(17)24/h3-7,10,21,23H,8-9,11H2,1-2H3. The molecule has 0 saturated carbocycles. The monoisotopic (exact) mass is 384 g/mol. The van der Waals surface area contributed by atoms with Gasteiger partial charge in [-0.2, -0.15) is 0 Å². The Balaban J connectivity index is 1.97. The quantitative estimate of drug-likeness (QED) is 0.723. The molecule has 1 amide bonds. The first-order chi connectivity index (χ1) is 13.5. The molecule has 0 aromatic heterocycles. The number of amides is 1. The number of nitrogens with zero attached hydrogens (tertiary/aromatic N) is 1. The maximum Gasteiger partial charge on any atom is 0.338 e. The van der Waals surface area contributed by atoms with Gasteiger partial charge in [0.2, 0.25) is 0 Å². The molecule has 2 aromatic carbocycles. The van der Waals surface area contributed by atoms with E-state index in [-0.39, 0.29) is 31.0 Å². The molecule has 1 aliphatic rings. The molecule has 1 heterocycles. The minimum Gasteiger partial charge on any atom is -0.466 e. The van der Waals surface area contributed by atoms with Crippen LogP contribution in [-0.4, -0.2) is 61.8 Å². The summed E-state index contributed by atoms with van der Waals surface area (Å²) in [5, 5.41) is 13.6. The average molecular weight is 384 g/mol. The van der Waals surface area contributed by atoms with Gasteiger partial charge in [0.15, 0.2) is 0 Å². The van der Waals surface area contributed by atoms with E-state index >= 15 is 0 Å². The summed E-state index contributed by atoms with van der Waals surface area (Å²) in [5.41, 5.74) is 1.32. The van der Waals surface area contributed by atoms with Crippen molar-refractivity contribution < 1.29 is 29.0 Å². The molecular formula is C20H20N2O6. The van der Waals surface area contributed by atoms with E-state index in [0.29, 0.717) is 16.6 Å². The number of β-amino-alcohol motifs (C(OH)–C–C–N with tert-alkyl or cyclic N) is 1. The van der Waals surface area contributed by atoms with Crippen molar-refractivity contribution in [2.24, 2.45) is 0 Å². The predicted molar refractivity (Wildman–Crippen MR) is 102 cm³/mol. The van der Waals surface area contributed by atoms with E-state index in [2.05, 4.69) is 5.32 Å². The van der Waals surface area contributed by atoms with E-state index in [9.17, 15) is 14.4 Å². The van der Waals surface area contributed by atoms with E-state index in [1.165, 1.54) is 19.1 Å². The van der Waals surface area contributed by atoms with Crippen LogP contribution in [-0.2, 0) is 19.1 Å². The molecule has 1 aliphatic heterocycles. The maximum absolute atomic E-state index is 12.6. The Hall–Kier alpha value is -3.39. The summed E-state index contributed by atoms with van der Waals surface area (Å²) in [6.45, 7) is -0.0288. The summed E-state index contributed by atoms with van der Waals surface area (Å²) < 4.78 is 9.57. The summed E-state index contributed by atoms with van der Waals surface area (Å²) in [5.74, 6) is -1.43. The fourth-order valence-corrected chi connectivity index (χ4v) is 3.14. The van der Waals surface area contributed by atoms with Gasteiger partial charge in [-0.3, -0.25) is 4.79 Å². The van der Waals surface area contributed by atoms with Gasteiger partial charge >= 0.3 is 11.9 Å². The summed E-state index contributed by atoms with van der Waals surface area (Å²) in [4.78, 5) is 37.9. The molecule has 2 N–H and O–H groups in total. The van der Waals surface area contributed by atoms with Gasteiger partial charge in [0.25, 0.3) is 5.91 Å². The lowest BCUT2D eigenvalue weighted by molar-refractivity contribution is -0.136. The van der Waals surface area contributed by atoms with Crippen LogP contribution in [0.1, 0.15) is 10.4 Å². The van der Waals surface area contributed by atoms with Crippen LogP contribution in [0.25, 0.3) is 10.8 Å². The molecule has 0 unspecified atom stereocenters. The zero-order chi connectivity index (χ0) is 20.3. The number of aliphatic hydroxyl groups excluding tert-OH is 1. The highest BCUT2D eigenvalue weighted by Gasteiger charge is 2.34. The van der Waals surface area contributed by atoms with Gasteiger partial charge in [-0.05, 0) is 29.0 Å². The van der Waals surface area contributed by atoms with Crippen LogP contribution in [0.5, 0.6) is 0 Å². The van der Waals surface area contributed by atoms with E-state index in [4.69, 9.17) is 14.6 Å². The number of nitrogens with one attached hydrogen (secondary N) is 1. The summed E-state index contributed by atoms with van der Waals surface area (Å²) in [6, 6.07) is 10.5. The number of anilines is 1. The fraction of sp³-hybridized carbons (Fsp3) is 0.250. The SMILES string of the molecule is COC(=O)C1=C(Nc2ccc3c(C(=O)OC)cccc3c2)C(=O)N(CCO)C1. The molecule has 3 rings (SSSR count). The van der Waals surface area contributed by atoms with Crippen molar-refractivity contribution in [2.75, 3.05) is 39.2 Å². The third kappa shape index (κ3) is 3.54. The van der Waals surface area contributed by atoms with Gasteiger partial charge in [-0.1, -0.05) is 18.2 Å². The lowest BCUT2D eigenvalue weighted by atomic mass is 10.0. The number of aliphatic hydroxyl groups is 1. The summed E-state index contributed by atoms with van der Waals surface area (Å²) >= 11 is 0. The second-order valence-corrected chi connectivity index (χ2v) is 6.15. The number of ether oxygens (including phenoxy) is 2. The van der Waals surface area contributed by atoms with Crippen molar-refractivity contribution in [3.63, 3.8) is 0 Å². The van der Waals surface area contributed by atoms with E-state index in [1.54, 1.807) is 30.3 Å². The van der Waals surface area contributed by atoms with Crippen molar-refractivity contribution in [3.05, 3.63) is 53.2 Å². The molecular weight excluding hydrogens is 364 g/mol. The lowest BCUT2D eigenvalue weighted by Crippen LogP contribution is -2.31. The minimum atomic E-state index is -0.606. The molecule has 0 bridgehead atoms. The molecule has 8 heteroatoms. The Morgan fingerprint density at radius 1 is 1.14 bits per heavy atom. The number of hydrogen-bond donors (Lipinski definition) is 2. The van der Waals surface area contributed by atoms with E-state index in [0.717, 1.165) is 5.39 Å². The normalized spacial score (nSPS) is 13.8. The van der Waals surface area contributed by atoms with Crippen LogP contribution in [0.3, 0.4) is 0 Å². The van der Waals surface area contributed by atoms with Crippen LogP contribution < -0.4 is 5.32 Å². The first-order valence-electron chi connectivity index (χ1n) is 8.60. The Morgan fingerprint density at radius 2 is 1.89 bits per heavy atom. The number of fused-ring (bicyclic) bond motifs is 1. The lowest BCUT2D eigenvalue weighted by Gasteiger charge is -2.15. The number of carbonyl (C=O) groups is 3. The van der Waals surface area contributed by atoms with Crippen molar-refractivity contribution in [1.82, 2.24) is 4.90 Å². The molecule has 146 valence electrons. The Kier molecular flexibility index (Phi) is 5.60. The van der Waals surface area contributed by atoms with Gasteiger partial charge in [0, 0.05) is 12.2 Å². The largest absolute Gasteiger partial charge is 0.466 e. The fourth-order valence-electron chi connectivity index (χ4n) is 3.14. The van der Waals surface area contributed by atoms with Crippen LogP contribution in [0, 0.1) is 0 Å². The van der Waals surface area contributed by atoms with Crippen LogP contribution in [0.15, 0.2) is 47.7 Å². The van der Waals surface area contributed by atoms with Crippen LogP contribution in [0.2, 0.25) is 0 Å². The summed E-state index contributed by atoms with van der Waals surface area (Å²) in [6.07, 6.45) is 0. The van der Waals surface area contributed by atoms with Gasteiger partial charge in [-0.25, -0.2) is 9.59 Å². The molecule has 0 atom stereocenters. The number of hydrogen-bond acceptors (Lipinski definition) is 7. The number of benzene rings is 2. The third-order valence-electron chi connectivity index (χ3n) is 4.51. The smallest absolute Gasteiger partial charge is 0.338 e. The molecule has 28 heavy (non-hydrogen) atoms. The zero-order valence-electron chi connectivity index (χ0n) is 15.5. The van der Waals surface area contributed by atoms with E-state index in [1.807, 2.05) is 6.07 Å². The van der Waals surface area contributed by atoms with Crippen molar-refractivity contribution in [2.45, 2.75) is 0 Å². The first-order valence-corrected chi connectivity index (χ1v) is 8.60. The van der Waals surface area contributed by atoms with Crippen LogP contribution in [0.4, 0.5) is 5.69 Å². The van der Waals surface area contributed by atoms with Crippen molar-refractivity contribution in [1.29, 1.82) is 0 Å². The topological polar surface area (TPSA) is 105 Å². The highest BCUT2D eigenvalue weighted by atomic mass is 16.5. The average Bonchev–Trinajstić information content (AvgIpc) is 3.02. The molecule has 0 spiro atoms. The number of carbonyl (C=O) groups excluding carboxylic acids is 3. The first kappa shape index (κ1) is 19.4.